The summed E-state index contributed by atoms with van der Waals surface area (Å²) >= 11 is 3.35. The number of halogens is 1. The lowest BCUT2D eigenvalue weighted by molar-refractivity contribution is -0.115. The first-order chi connectivity index (χ1) is 11.3. The molecule has 0 unspecified atom stereocenters. The summed E-state index contributed by atoms with van der Waals surface area (Å²) in [5.41, 5.74) is 1.72. The van der Waals surface area contributed by atoms with Crippen LogP contribution in [0.2, 0.25) is 0 Å². The van der Waals surface area contributed by atoms with Gasteiger partial charge in [0.25, 0.3) is 0 Å². The topological polar surface area (TPSA) is 84.5 Å². The third-order valence-corrected chi connectivity index (χ3v) is 4.18. The Morgan fingerprint density at radius 2 is 1.83 bits per heavy atom. The standard InChI is InChI=1S/C16H17BrN2O4S/c1-23-15-10-13(7-8-14(15)19-24(2,21)22)18-16(20)9-11-3-5-12(17)6-4-11/h3-8,10,19H,9H2,1-2H3,(H,18,20). The molecule has 2 aromatic rings. The van der Waals surface area contributed by atoms with Gasteiger partial charge in [0.15, 0.2) is 0 Å². The molecule has 0 atom stereocenters. The summed E-state index contributed by atoms with van der Waals surface area (Å²) in [4.78, 5) is 12.1. The number of hydrogen-bond acceptors (Lipinski definition) is 4. The SMILES string of the molecule is COc1cc(NC(=O)Cc2ccc(Br)cc2)ccc1NS(C)(=O)=O. The lowest BCUT2D eigenvalue weighted by atomic mass is 10.1. The van der Waals surface area contributed by atoms with Crippen LogP contribution < -0.4 is 14.8 Å². The van der Waals surface area contributed by atoms with Crippen LogP contribution in [-0.2, 0) is 21.2 Å². The average Bonchev–Trinajstić information content (AvgIpc) is 2.49. The van der Waals surface area contributed by atoms with Crippen LogP contribution in [0.25, 0.3) is 0 Å². The van der Waals surface area contributed by atoms with Crippen LogP contribution in [0.3, 0.4) is 0 Å². The maximum Gasteiger partial charge on any atom is 0.229 e. The van der Waals surface area contributed by atoms with Crippen molar-refractivity contribution in [1.29, 1.82) is 0 Å². The van der Waals surface area contributed by atoms with Crippen molar-refractivity contribution in [2.45, 2.75) is 6.42 Å². The van der Waals surface area contributed by atoms with Crippen molar-refractivity contribution in [2.24, 2.45) is 0 Å². The highest BCUT2D eigenvalue weighted by atomic mass is 79.9. The molecule has 0 saturated heterocycles. The Balaban J connectivity index is 2.09. The van der Waals surface area contributed by atoms with E-state index in [1.807, 2.05) is 24.3 Å². The second kappa shape index (κ2) is 7.67. The van der Waals surface area contributed by atoms with Gasteiger partial charge in [-0.1, -0.05) is 28.1 Å². The number of carbonyl (C=O) groups is 1. The van der Waals surface area contributed by atoms with Crippen LogP contribution >= 0.6 is 15.9 Å². The normalized spacial score (nSPS) is 11.0. The minimum absolute atomic E-state index is 0.178. The molecule has 1 amide bonds. The summed E-state index contributed by atoms with van der Waals surface area (Å²) in [5, 5.41) is 2.76. The van der Waals surface area contributed by atoms with E-state index in [1.54, 1.807) is 12.1 Å². The van der Waals surface area contributed by atoms with Crippen molar-refractivity contribution in [1.82, 2.24) is 0 Å². The predicted octanol–water partition coefficient (Wildman–Crippen LogP) is 3.01. The quantitative estimate of drug-likeness (QED) is 0.763. The van der Waals surface area contributed by atoms with Crippen molar-refractivity contribution in [2.75, 3.05) is 23.4 Å². The van der Waals surface area contributed by atoms with Crippen molar-refractivity contribution >= 4 is 43.2 Å². The number of carbonyl (C=O) groups excluding carboxylic acids is 1. The van der Waals surface area contributed by atoms with Crippen molar-refractivity contribution in [3.8, 4) is 5.75 Å². The van der Waals surface area contributed by atoms with Crippen LogP contribution in [0.5, 0.6) is 5.75 Å². The van der Waals surface area contributed by atoms with E-state index in [9.17, 15) is 13.2 Å². The van der Waals surface area contributed by atoms with Crippen molar-refractivity contribution in [3.63, 3.8) is 0 Å². The second-order valence-corrected chi connectivity index (χ2v) is 7.80. The van der Waals surface area contributed by atoms with Gasteiger partial charge in [0.1, 0.15) is 5.75 Å². The lowest BCUT2D eigenvalue weighted by Gasteiger charge is -2.12. The molecular weight excluding hydrogens is 396 g/mol. The number of ether oxygens (including phenoxy) is 1. The number of methoxy groups -OCH3 is 1. The van der Waals surface area contributed by atoms with Crippen LogP contribution in [0.4, 0.5) is 11.4 Å². The number of sulfonamides is 1. The zero-order valence-corrected chi connectivity index (χ0v) is 15.6. The van der Waals surface area contributed by atoms with Gasteiger partial charge < -0.3 is 10.1 Å². The molecular formula is C16H17BrN2O4S. The largest absolute Gasteiger partial charge is 0.494 e. The molecule has 2 N–H and O–H groups in total. The predicted molar refractivity (Wildman–Crippen MR) is 97.9 cm³/mol. The molecule has 2 aromatic carbocycles. The molecule has 0 spiro atoms. The average molecular weight is 413 g/mol. The smallest absolute Gasteiger partial charge is 0.229 e. The molecule has 24 heavy (non-hydrogen) atoms. The number of anilines is 2. The molecule has 0 aliphatic rings. The first-order valence-electron chi connectivity index (χ1n) is 6.97. The molecule has 6 nitrogen and oxygen atoms in total. The highest BCUT2D eigenvalue weighted by Gasteiger charge is 2.11. The van der Waals surface area contributed by atoms with Gasteiger partial charge in [0, 0.05) is 16.2 Å². The first-order valence-corrected chi connectivity index (χ1v) is 9.65. The Kier molecular flexibility index (Phi) is 5.84. The third-order valence-electron chi connectivity index (χ3n) is 3.06. The zero-order chi connectivity index (χ0) is 17.7. The first kappa shape index (κ1) is 18.3. The van der Waals surface area contributed by atoms with E-state index in [0.29, 0.717) is 17.1 Å². The zero-order valence-electron chi connectivity index (χ0n) is 13.2. The summed E-state index contributed by atoms with van der Waals surface area (Å²) in [6, 6.07) is 12.2. The molecule has 128 valence electrons. The molecule has 0 bridgehead atoms. The van der Waals surface area contributed by atoms with Gasteiger partial charge in [-0.3, -0.25) is 9.52 Å². The highest BCUT2D eigenvalue weighted by molar-refractivity contribution is 9.10. The van der Waals surface area contributed by atoms with Crippen LogP contribution in [0.1, 0.15) is 5.56 Å². The molecule has 0 fully saturated rings. The van der Waals surface area contributed by atoms with Crippen LogP contribution in [-0.4, -0.2) is 27.7 Å². The molecule has 0 aliphatic carbocycles. The van der Waals surface area contributed by atoms with E-state index >= 15 is 0 Å². The number of nitrogens with one attached hydrogen (secondary N) is 2. The molecule has 2 rings (SSSR count). The summed E-state index contributed by atoms with van der Waals surface area (Å²) in [6.07, 6.45) is 1.29. The van der Waals surface area contributed by atoms with E-state index < -0.39 is 10.0 Å². The van der Waals surface area contributed by atoms with Crippen molar-refractivity contribution in [3.05, 3.63) is 52.5 Å². The molecule has 0 heterocycles. The van der Waals surface area contributed by atoms with E-state index in [4.69, 9.17) is 4.74 Å². The lowest BCUT2D eigenvalue weighted by Crippen LogP contribution is -2.15. The van der Waals surface area contributed by atoms with Gasteiger partial charge in [-0.15, -0.1) is 0 Å². The molecule has 0 aromatic heterocycles. The fraction of sp³-hybridized carbons (Fsp3) is 0.188. The summed E-state index contributed by atoms with van der Waals surface area (Å²) in [6.45, 7) is 0. The van der Waals surface area contributed by atoms with Gasteiger partial charge >= 0.3 is 0 Å². The maximum atomic E-state index is 12.1. The molecule has 0 saturated carbocycles. The number of amides is 1. The molecule has 0 aliphatic heterocycles. The Labute approximate surface area is 149 Å². The van der Waals surface area contributed by atoms with E-state index in [-0.39, 0.29) is 12.3 Å². The van der Waals surface area contributed by atoms with Gasteiger partial charge in [0.05, 0.1) is 25.5 Å². The highest BCUT2D eigenvalue weighted by Crippen LogP contribution is 2.28. The summed E-state index contributed by atoms with van der Waals surface area (Å²) < 4.78 is 31.1. The summed E-state index contributed by atoms with van der Waals surface area (Å²) in [7, 11) is -1.98. The Hall–Kier alpha value is -2.06. The van der Waals surface area contributed by atoms with Gasteiger partial charge in [0.2, 0.25) is 15.9 Å². The van der Waals surface area contributed by atoms with Gasteiger partial charge in [-0.25, -0.2) is 8.42 Å². The van der Waals surface area contributed by atoms with Crippen LogP contribution in [0.15, 0.2) is 46.9 Å². The van der Waals surface area contributed by atoms with Crippen molar-refractivity contribution < 1.29 is 17.9 Å². The Morgan fingerprint density at radius 1 is 1.17 bits per heavy atom. The number of rotatable bonds is 6. The monoisotopic (exact) mass is 412 g/mol. The molecule has 0 radical (unpaired) electrons. The maximum absolute atomic E-state index is 12.1. The third kappa shape index (κ3) is 5.54. The fourth-order valence-electron chi connectivity index (χ4n) is 2.05. The van der Waals surface area contributed by atoms with E-state index in [1.165, 1.54) is 13.2 Å². The summed E-state index contributed by atoms with van der Waals surface area (Å²) in [5.74, 6) is 0.144. The van der Waals surface area contributed by atoms with Gasteiger partial charge in [-0.05, 0) is 29.8 Å². The minimum atomic E-state index is -3.41. The Morgan fingerprint density at radius 3 is 2.42 bits per heavy atom. The second-order valence-electron chi connectivity index (χ2n) is 5.14. The van der Waals surface area contributed by atoms with E-state index in [2.05, 4.69) is 26.0 Å². The minimum Gasteiger partial charge on any atom is -0.494 e. The fourth-order valence-corrected chi connectivity index (χ4v) is 2.88. The van der Waals surface area contributed by atoms with E-state index in [0.717, 1.165) is 16.3 Å². The number of benzene rings is 2. The van der Waals surface area contributed by atoms with Crippen LogP contribution in [0, 0.1) is 0 Å². The Bertz CT molecular complexity index is 836. The van der Waals surface area contributed by atoms with Gasteiger partial charge in [-0.2, -0.15) is 0 Å². The number of hydrogen-bond donors (Lipinski definition) is 2. The molecule has 8 heteroatoms.